The zero-order valence-electron chi connectivity index (χ0n) is 11.4. The van der Waals surface area contributed by atoms with Gasteiger partial charge in [0.1, 0.15) is 10.8 Å². The van der Waals surface area contributed by atoms with Crippen molar-refractivity contribution in [3.63, 3.8) is 0 Å². The average Bonchev–Trinajstić information content (AvgIpc) is 2.79. The molecule has 0 radical (unpaired) electrons. The van der Waals surface area contributed by atoms with Gasteiger partial charge in [0.2, 0.25) is 0 Å². The Bertz CT molecular complexity index is 525. The number of nitrogen functional groups attached to an aromatic ring is 1. The Balaban J connectivity index is 2.13. The summed E-state index contributed by atoms with van der Waals surface area (Å²) in [5, 5.41) is 6.41. The summed E-state index contributed by atoms with van der Waals surface area (Å²) in [6.07, 6.45) is 1.94. The molecule has 19 heavy (non-hydrogen) atoms. The van der Waals surface area contributed by atoms with Crippen molar-refractivity contribution in [1.29, 1.82) is 0 Å². The standard InChI is InChI=1S/C14H19N3OS/c1-9(2)18-13-7-11(15)6-12(8-13)17-10(3)14-16-4-5-19-14/h4-10,17H,15H2,1-3H3. The molecule has 1 atom stereocenters. The Morgan fingerprint density at radius 3 is 2.68 bits per heavy atom. The van der Waals surface area contributed by atoms with Crippen LogP contribution in [0.25, 0.3) is 0 Å². The SMILES string of the molecule is CC(C)Oc1cc(N)cc(NC(C)c2nccs2)c1. The van der Waals surface area contributed by atoms with Crippen LogP contribution in [-0.4, -0.2) is 11.1 Å². The van der Waals surface area contributed by atoms with E-state index in [4.69, 9.17) is 10.5 Å². The normalized spacial score (nSPS) is 12.4. The number of nitrogens with two attached hydrogens (primary N) is 1. The molecule has 4 nitrogen and oxygen atoms in total. The summed E-state index contributed by atoms with van der Waals surface area (Å²) >= 11 is 1.63. The Hall–Kier alpha value is -1.75. The van der Waals surface area contributed by atoms with Gasteiger partial charge in [-0.05, 0) is 26.8 Å². The number of nitrogens with zero attached hydrogens (tertiary/aromatic N) is 1. The Morgan fingerprint density at radius 2 is 2.05 bits per heavy atom. The van der Waals surface area contributed by atoms with E-state index >= 15 is 0 Å². The van der Waals surface area contributed by atoms with Crippen molar-refractivity contribution in [1.82, 2.24) is 4.98 Å². The van der Waals surface area contributed by atoms with Crippen LogP contribution in [0.3, 0.4) is 0 Å². The Kier molecular flexibility index (Phi) is 4.27. The van der Waals surface area contributed by atoms with E-state index in [2.05, 4.69) is 17.2 Å². The third-order valence-electron chi connectivity index (χ3n) is 2.51. The van der Waals surface area contributed by atoms with Gasteiger partial charge in [-0.2, -0.15) is 0 Å². The number of benzene rings is 1. The molecule has 2 aromatic rings. The lowest BCUT2D eigenvalue weighted by molar-refractivity contribution is 0.242. The van der Waals surface area contributed by atoms with E-state index in [1.54, 1.807) is 11.3 Å². The minimum absolute atomic E-state index is 0.131. The van der Waals surface area contributed by atoms with Crippen molar-refractivity contribution >= 4 is 22.7 Å². The predicted molar refractivity (Wildman–Crippen MR) is 80.8 cm³/mol. The summed E-state index contributed by atoms with van der Waals surface area (Å²) in [6.45, 7) is 6.06. The van der Waals surface area contributed by atoms with Gasteiger partial charge in [0.05, 0.1) is 12.1 Å². The van der Waals surface area contributed by atoms with Gasteiger partial charge in [0, 0.05) is 35.1 Å². The molecule has 1 heterocycles. The zero-order chi connectivity index (χ0) is 13.8. The first-order chi connectivity index (χ1) is 9.04. The molecular weight excluding hydrogens is 258 g/mol. The molecule has 0 amide bonds. The molecule has 0 bridgehead atoms. The van der Waals surface area contributed by atoms with Crippen LogP contribution in [0.5, 0.6) is 5.75 Å². The maximum Gasteiger partial charge on any atom is 0.123 e. The van der Waals surface area contributed by atoms with Crippen molar-refractivity contribution in [2.45, 2.75) is 32.9 Å². The van der Waals surface area contributed by atoms with Crippen LogP contribution < -0.4 is 15.8 Å². The van der Waals surface area contributed by atoms with Gasteiger partial charge >= 0.3 is 0 Å². The Morgan fingerprint density at radius 1 is 1.26 bits per heavy atom. The monoisotopic (exact) mass is 277 g/mol. The lowest BCUT2D eigenvalue weighted by atomic mass is 10.2. The number of hydrogen-bond acceptors (Lipinski definition) is 5. The number of hydrogen-bond donors (Lipinski definition) is 2. The van der Waals surface area contributed by atoms with Crippen LogP contribution in [0.15, 0.2) is 29.8 Å². The third-order valence-corrected chi connectivity index (χ3v) is 3.46. The van der Waals surface area contributed by atoms with E-state index in [0.29, 0.717) is 5.69 Å². The molecule has 0 saturated heterocycles. The van der Waals surface area contributed by atoms with Gasteiger partial charge in [-0.3, -0.25) is 0 Å². The van der Waals surface area contributed by atoms with Gasteiger partial charge < -0.3 is 15.8 Å². The van der Waals surface area contributed by atoms with Gasteiger partial charge in [-0.25, -0.2) is 4.98 Å². The number of aromatic nitrogens is 1. The fraction of sp³-hybridized carbons (Fsp3) is 0.357. The van der Waals surface area contributed by atoms with Crippen LogP contribution in [-0.2, 0) is 0 Å². The second-order valence-electron chi connectivity index (χ2n) is 4.69. The molecule has 0 aliphatic heterocycles. The lowest BCUT2D eigenvalue weighted by Crippen LogP contribution is -2.09. The topological polar surface area (TPSA) is 60.2 Å². The summed E-state index contributed by atoms with van der Waals surface area (Å²) in [5.74, 6) is 0.781. The van der Waals surface area contributed by atoms with Crippen molar-refractivity contribution in [3.8, 4) is 5.75 Å². The molecule has 2 rings (SSSR count). The summed E-state index contributed by atoms with van der Waals surface area (Å²) in [6, 6.07) is 5.84. The second kappa shape index (κ2) is 5.93. The van der Waals surface area contributed by atoms with Crippen LogP contribution in [0.4, 0.5) is 11.4 Å². The molecule has 5 heteroatoms. The van der Waals surface area contributed by atoms with E-state index in [1.165, 1.54) is 0 Å². The molecule has 0 saturated carbocycles. The van der Waals surface area contributed by atoms with Crippen LogP contribution in [0.2, 0.25) is 0 Å². The first-order valence-electron chi connectivity index (χ1n) is 6.27. The minimum Gasteiger partial charge on any atom is -0.491 e. The highest BCUT2D eigenvalue weighted by molar-refractivity contribution is 7.09. The fourth-order valence-corrected chi connectivity index (χ4v) is 2.45. The molecule has 0 aliphatic carbocycles. The summed E-state index contributed by atoms with van der Waals surface area (Å²) < 4.78 is 5.67. The summed E-state index contributed by atoms with van der Waals surface area (Å²) in [7, 11) is 0. The Labute approximate surface area is 117 Å². The maximum absolute atomic E-state index is 5.90. The number of ether oxygens (including phenoxy) is 1. The van der Waals surface area contributed by atoms with E-state index in [-0.39, 0.29) is 12.1 Å². The van der Waals surface area contributed by atoms with Gasteiger partial charge in [0.15, 0.2) is 0 Å². The van der Waals surface area contributed by atoms with Gasteiger partial charge in [-0.15, -0.1) is 11.3 Å². The summed E-state index contributed by atoms with van der Waals surface area (Å²) in [5.41, 5.74) is 7.53. The van der Waals surface area contributed by atoms with Crippen molar-refractivity contribution < 1.29 is 4.74 Å². The largest absolute Gasteiger partial charge is 0.491 e. The molecule has 3 N–H and O–H groups in total. The lowest BCUT2D eigenvalue weighted by Gasteiger charge is -2.16. The molecule has 0 fully saturated rings. The van der Waals surface area contributed by atoms with Crippen LogP contribution in [0, 0.1) is 0 Å². The third kappa shape index (κ3) is 3.86. The van der Waals surface area contributed by atoms with E-state index < -0.39 is 0 Å². The average molecular weight is 277 g/mol. The number of rotatable bonds is 5. The maximum atomic E-state index is 5.90. The van der Waals surface area contributed by atoms with Crippen molar-refractivity contribution in [2.24, 2.45) is 0 Å². The van der Waals surface area contributed by atoms with Crippen LogP contribution >= 0.6 is 11.3 Å². The quantitative estimate of drug-likeness (QED) is 0.818. The molecule has 1 aromatic carbocycles. The molecule has 1 unspecified atom stereocenters. The number of anilines is 2. The highest BCUT2D eigenvalue weighted by atomic mass is 32.1. The van der Waals surface area contributed by atoms with Crippen LogP contribution in [0.1, 0.15) is 31.8 Å². The smallest absolute Gasteiger partial charge is 0.123 e. The number of thiazole rings is 1. The zero-order valence-corrected chi connectivity index (χ0v) is 12.2. The molecule has 1 aromatic heterocycles. The van der Waals surface area contributed by atoms with E-state index in [1.807, 2.05) is 43.6 Å². The molecular formula is C14H19N3OS. The molecule has 0 spiro atoms. The van der Waals surface area contributed by atoms with E-state index in [0.717, 1.165) is 16.4 Å². The highest BCUT2D eigenvalue weighted by Gasteiger charge is 2.09. The number of nitrogens with one attached hydrogen (secondary N) is 1. The minimum atomic E-state index is 0.131. The summed E-state index contributed by atoms with van der Waals surface area (Å²) in [4.78, 5) is 4.30. The predicted octanol–water partition coefficient (Wildman–Crippen LogP) is 3.69. The molecule has 0 aliphatic rings. The van der Waals surface area contributed by atoms with E-state index in [9.17, 15) is 0 Å². The van der Waals surface area contributed by atoms with Crippen molar-refractivity contribution in [2.75, 3.05) is 11.1 Å². The van der Waals surface area contributed by atoms with Gasteiger partial charge in [0.25, 0.3) is 0 Å². The molecule has 102 valence electrons. The highest BCUT2D eigenvalue weighted by Crippen LogP contribution is 2.27. The second-order valence-corrected chi connectivity index (χ2v) is 5.62. The first-order valence-corrected chi connectivity index (χ1v) is 7.15. The van der Waals surface area contributed by atoms with Gasteiger partial charge in [-0.1, -0.05) is 0 Å². The van der Waals surface area contributed by atoms with Crippen molar-refractivity contribution in [3.05, 3.63) is 34.8 Å². The fourth-order valence-electron chi connectivity index (χ4n) is 1.81. The first kappa shape index (κ1) is 13.7.